The van der Waals surface area contributed by atoms with Crippen molar-refractivity contribution in [2.24, 2.45) is 0 Å². The molecule has 0 radical (unpaired) electrons. The molecule has 2 nitrogen and oxygen atoms in total. The third kappa shape index (κ3) is 3.20. The van der Waals surface area contributed by atoms with Crippen LogP contribution in [0, 0.1) is 6.92 Å². The number of nitrogens with one attached hydrogen (secondary N) is 1. The molecule has 0 bridgehead atoms. The third-order valence-corrected chi connectivity index (χ3v) is 2.45. The monoisotopic (exact) mass is 213 g/mol. The third-order valence-electron chi connectivity index (χ3n) is 2.12. The molecule has 0 fully saturated rings. The highest BCUT2D eigenvalue weighted by molar-refractivity contribution is 6.33. The van der Waals surface area contributed by atoms with Crippen molar-refractivity contribution in [3.63, 3.8) is 0 Å². The van der Waals surface area contributed by atoms with Crippen LogP contribution in [0.4, 0.5) is 5.69 Å². The van der Waals surface area contributed by atoms with Gasteiger partial charge in [0, 0.05) is 6.54 Å². The van der Waals surface area contributed by atoms with Gasteiger partial charge in [0.1, 0.15) is 0 Å². The Morgan fingerprint density at radius 1 is 1.50 bits per heavy atom. The fraction of sp³-hybridized carbons (Fsp3) is 0.455. The molecular formula is C11H16ClNO. The smallest absolute Gasteiger partial charge is 0.0709 e. The van der Waals surface area contributed by atoms with Crippen molar-refractivity contribution in [2.75, 3.05) is 11.9 Å². The molecule has 78 valence electrons. The summed E-state index contributed by atoms with van der Waals surface area (Å²) < 4.78 is 0. The number of aryl methyl sites for hydroxylation is 1. The first-order chi connectivity index (χ1) is 6.63. The van der Waals surface area contributed by atoms with Crippen molar-refractivity contribution in [1.29, 1.82) is 0 Å². The van der Waals surface area contributed by atoms with Gasteiger partial charge in [-0.15, -0.1) is 0 Å². The van der Waals surface area contributed by atoms with E-state index >= 15 is 0 Å². The van der Waals surface area contributed by atoms with Crippen LogP contribution in [0.3, 0.4) is 0 Å². The molecule has 0 aliphatic heterocycles. The predicted molar refractivity (Wildman–Crippen MR) is 61.0 cm³/mol. The van der Waals surface area contributed by atoms with Crippen LogP contribution < -0.4 is 5.32 Å². The molecule has 0 saturated heterocycles. The summed E-state index contributed by atoms with van der Waals surface area (Å²) in [5.41, 5.74) is 2.04. The second-order valence-electron chi connectivity index (χ2n) is 3.43. The Hall–Kier alpha value is -0.730. The molecule has 14 heavy (non-hydrogen) atoms. The van der Waals surface area contributed by atoms with Crippen LogP contribution in [-0.4, -0.2) is 17.8 Å². The van der Waals surface area contributed by atoms with E-state index in [1.54, 1.807) is 0 Å². The molecule has 2 N–H and O–H groups in total. The molecule has 1 aromatic rings. The zero-order chi connectivity index (χ0) is 10.6. The molecule has 1 atom stereocenters. The van der Waals surface area contributed by atoms with Gasteiger partial charge in [-0.25, -0.2) is 0 Å². The van der Waals surface area contributed by atoms with E-state index in [4.69, 9.17) is 11.6 Å². The molecule has 0 heterocycles. The summed E-state index contributed by atoms with van der Waals surface area (Å²) in [5.74, 6) is 0. The standard InChI is InChI=1S/C11H16ClNO/c1-3-9(14)7-13-11-6-8(2)4-5-10(11)12/h4-6,9,13-14H,3,7H2,1-2H3. The Balaban J connectivity index is 2.62. The second kappa shape index (κ2) is 5.23. The maximum Gasteiger partial charge on any atom is 0.0709 e. The number of aliphatic hydroxyl groups excluding tert-OH is 1. The van der Waals surface area contributed by atoms with Crippen molar-refractivity contribution in [2.45, 2.75) is 26.4 Å². The molecule has 0 spiro atoms. The molecule has 1 unspecified atom stereocenters. The van der Waals surface area contributed by atoms with Crippen molar-refractivity contribution < 1.29 is 5.11 Å². The molecule has 0 aliphatic rings. The van der Waals surface area contributed by atoms with Crippen LogP contribution >= 0.6 is 11.6 Å². The van der Waals surface area contributed by atoms with E-state index in [-0.39, 0.29) is 6.10 Å². The van der Waals surface area contributed by atoms with E-state index in [9.17, 15) is 5.11 Å². The summed E-state index contributed by atoms with van der Waals surface area (Å²) in [6.07, 6.45) is 0.433. The Morgan fingerprint density at radius 2 is 2.21 bits per heavy atom. The minimum absolute atomic E-state index is 0.313. The van der Waals surface area contributed by atoms with E-state index in [0.29, 0.717) is 11.6 Å². The minimum atomic E-state index is -0.313. The average molecular weight is 214 g/mol. The SMILES string of the molecule is CCC(O)CNc1cc(C)ccc1Cl. The summed E-state index contributed by atoms with van der Waals surface area (Å²) in [5, 5.41) is 13.2. The summed E-state index contributed by atoms with van der Waals surface area (Å²) in [7, 11) is 0. The number of anilines is 1. The maximum absolute atomic E-state index is 9.37. The maximum atomic E-state index is 9.37. The Bertz CT molecular complexity index is 301. The van der Waals surface area contributed by atoms with E-state index in [1.165, 1.54) is 0 Å². The fourth-order valence-electron chi connectivity index (χ4n) is 1.15. The quantitative estimate of drug-likeness (QED) is 0.806. The van der Waals surface area contributed by atoms with Gasteiger partial charge in [0.25, 0.3) is 0 Å². The highest BCUT2D eigenvalue weighted by Crippen LogP contribution is 2.22. The molecule has 3 heteroatoms. The van der Waals surface area contributed by atoms with E-state index in [2.05, 4.69) is 5.32 Å². The molecule has 1 rings (SSSR count). The lowest BCUT2D eigenvalue weighted by atomic mass is 10.2. The Labute approximate surface area is 89.9 Å². The van der Waals surface area contributed by atoms with Gasteiger partial charge in [-0.3, -0.25) is 0 Å². The van der Waals surface area contributed by atoms with Gasteiger partial charge >= 0.3 is 0 Å². The van der Waals surface area contributed by atoms with Gasteiger partial charge in [0.2, 0.25) is 0 Å². The van der Waals surface area contributed by atoms with Gasteiger partial charge in [0.15, 0.2) is 0 Å². The average Bonchev–Trinajstić information content (AvgIpc) is 2.19. The number of aliphatic hydroxyl groups is 1. The van der Waals surface area contributed by atoms with Gasteiger partial charge in [0.05, 0.1) is 16.8 Å². The molecule has 1 aromatic carbocycles. The van der Waals surface area contributed by atoms with E-state index in [0.717, 1.165) is 17.7 Å². The number of halogens is 1. The van der Waals surface area contributed by atoms with Gasteiger partial charge < -0.3 is 10.4 Å². The van der Waals surface area contributed by atoms with Crippen LogP contribution in [-0.2, 0) is 0 Å². The molecule has 0 aliphatic carbocycles. The number of hydrogen-bond donors (Lipinski definition) is 2. The predicted octanol–water partition coefficient (Wildman–Crippen LogP) is 2.83. The van der Waals surface area contributed by atoms with Crippen LogP contribution in [0.1, 0.15) is 18.9 Å². The number of benzene rings is 1. The van der Waals surface area contributed by atoms with Crippen molar-refractivity contribution in [1.82, 2.24) is 0 Å². The highest BCUT2D eigenvalue weighted by Gasteiger charge is 2.03. The summed E-state index contributed by atoms with van der Waals surface area (Å²) in [6.45, 7) is 4.50. The zero-order valence-electron chi connectivity index (χ0n) is 8.55. The zero-order valence-corrected chi connectivity index (χ0v) is 9.30. The number of rotatable bonds is 4. The van der Waals surface area contributed by atoms with E-state index in [1.807, 2.05) is 32.0 Å². The van der Waals surface area contributed by atoms with Gasteiger partial charge in [-0.1, -0.05) is 24.6 Å². The van der Waals surface area contributed by atoms with Crippen molar-refractivity contribution in [3.05, 3.63) is 28.8 Å². The minimum Gasteiger partial charge on any atom is -0.391 e. The van der Waals surface area contributed by atoms with Gasteiger partial charge in [-0.2, -0.15) is 0 Å². The molecular weight excluding hydrogens is 198 g/mol. The van der Waals surface area contributed by atoms with Crippen LogP contribution in [0.5, 0.6) is 0 Å². The molecule has 0 aromatic heterocycles. The normalized spacial score (nSPS) is 12.6. The van der Waals surface area contributed by atoms with E-state index < -0.39 is 0 Å². The van der Waals surface area contributed by atoms with Crippen LogP contribution in [0.25, 0.3) is 0 Å². The molecule has 0 amide bonds. The first kappa shape index (κ1) is 11.3. The Kier molecular flexibility index (Phi) is 4.23. The largest absolute Gasteiger partial charge is 0.391 e. The van der Waals surface area contributed by atoms with Gasteiger partial charge in [-0.05, 0) is 31.0 Å². The Morgan fingerprint density at radius 3 is 2.86 bits per heavy atom. The second-order valence-corrected chi connectivity index (χ2v) is 3.83. The first-order valence-electron chi connectivity index (χ1n) is 4.81. The number of hydrogen-bond acceptors (Lipinski definition) is 2. The lowest BCUT2D eigenvalue weighted by Crippen LogP contribution is -2.18. The van der Waals surface area contributed by atoms with Crippen LogP contribution in [0.2, 0.25) is 5.02 Å². The molecule has 0 saturated carbocycles. The van der Waals surface area contributed by atoms with Crippen LogP contribution in [0.15, 0.2) is 18.2 Å². The topological polar surface area (TPSA) is 32.3 Å². The van der Waals surface area contributed by atoms with Crippen molar-refractivity contribution in [3.8, 4) is 0 Å². The lowest BCUT2D eigenvalue weighted by Gasteiger charge is -2.12. The summed E-state index contributed by atoms with van der Waals surface area (Å²) in [4.78, 5) is 0. The first-order valence-corrected chi connectivity index (χ1v) is 5.19. The summed E-state index contributed by atoms with van der Waals surface area (Å²) >= 11 is 5.98. The summed E-state index contributed by atoms with van der Waals surface area (Å²) in [6, 6.07) is 5.80. The fourth-order valence-corrected chi connectivity index (χ4v) is 1.33. The van der Waals surface area contributed by atoms with Crippen molar-refractivity contribution >= 4 is 17.3 Å². The lowest BCUT2D eigenvalue weighted by molar-refractivity contribution is 0.183. The highest BCUT2D eigenvalue weighted by atomic mass is 35.5.